The van der Waals surface area contributed by atoms with Crippen molar-refractivity contribution >= 4 is 27.7 Å². The highest BCUT2D eigenvalue weighted by Crippen LogP contribution is 2.13. The number of amides is 1. The molecule has 21 heavy (non-hydrogen) atoms. The van der Waals surface area contributed by atoms with Crippen molar-refractivity contribution in [2.75, 3.05) is 5.32 Å². The molecule has 1 N–H and O–H groups in total. The molecular weight excluding hydrogens is 328 g/mol. The van der Waals surface area contributed by atoms with Gasteiger partial charge in [0.1, 0.15) is 5.82 Å². The number of carbonyl (C=O) groups excluding carboxylic acids is 1. The number of nitrogens with zero attached hydrogens (tertiary/aromatic N) is 1. The largest absolute Gasteiger partial charge is 0.307 e. The summed E-state index contributed by atoms with van der Waals surface area (Å²) in [6.07, 6.45) is 6.40. The number of nitrogens with one attached hydrogen (secondary N) is 1. The Morgan fingerprint density at radius 3 is 2.52 bits per heavy atom. The highest BCUT2D eigenvalue weighted by Gasteiger charge is 2.06. The minimum Gasteiger partial charge on any atom is -0.307 e. The number of aryl methyl sites for hydroxylation is 1. The predicted octanol–water partition coefficient (Wildman–Crippen LogP) is 4.83. The van der Waals surface area contributed by atoms with E-state index in [1.165, 1.54) is 24.8 Å². The lowest BCUT2D eigenvalue weighted by Crippen LogP contribution is -2.12. The predicted molar refractivity (Wildman–Crippen MR) is 89.6 cm³/mol. The van der Waals surface area contributed by atoms with Crippen molar-refractivity contribution in [2.45, 2.75) is 32.6 Å². The quantitative estimate of drug-likeness (QED) is 0.761. The smallest absolute Gasteiger partial charge is 0.256 e. The Morgan fingerprint density at radius 1 is 1.14 bits per heavy atom. The number of carbonyl (C=O) groups is 1. The Hall–Kier alpha value is -1.68. The minimum atomic E-state index is -0.134. The summed E-state index contributed by atoms with van der Waals surface area (Å²) < 4.78 is 0.886. The zero-order valence-corrected chi connectivity index (χ0v) is 13.7. The molecule has 0 spiro atoms. The van der Waals surface area contributed by atoms with E-state index >= 15 is 0 Å². The van der Waals surface area contributed by atoms with Crippen molar-refractivity contribution in [2.24, 2.45) is 0 Å². The summed E-state index contributed by atoms with van der Waals surface area (Å²) in [5.41, 5.74) is 1.93. The average molecular weight is 347 g/mol. The van der Waals surface area contributed by atoms with Crippen LogP contribution in [0.5, 0.6) is 0 Å². The van der Waals surface area contributed by atoms with Crippen molar-refractivity contribution in [3.05, 3.63) is 58.2 Å². The minimum absolute atomic E-state index is 0.134. The number of aromatic nitrogens is 1. The number of benzene rings is 1. The number of anilines is 1. The number of hydrogen-bond acceptors (Lipinski definition) is 2. The Morgan fingerprint density at radius 2 is 1.90 bits per heavy atom. The first kappa shape index (κ1) is 15.7. The van der Waals surface area contributed by atoms with Crippen molar-refractivity contribution in [3.63, 3.8) is 0 Å². The second-order valence-electron chi connectivity index (χ2n) is 4.97. The SMILES string of the molecule is CCCCCc1ccc(C(=O)Nc2ccc(Br)cn2)cc1. The molecule has 3 nitrogen and oxygen atoms in total. The van der Waals surface area contributed by atoms with E-state index in [0.29, 0.717) is 11.4 Å². The molecule has 2 rings (SSSR count). The number of halogens is 1. The van der Waals surface area contributed by atoms with Crippen molar-refractivity contribution in [3.8, 4) is 0 Å². The molecule has 0 saturated carbocycles. The second kappa shape index (κ2) is 7.93. The van der Waals surface area contributed by atoms with Gasteiger partial charge < -0.3 is 5.32 Å². The maximum atomic E-state index is 12.1. The van der Waals surface area contributed by atoms with Crippen LogP contribution in [0.4, 0.5) is 5.82 Å². The van der Waals surface area contributed by atoms with Crippen LogP contribution in [0.2, 0.25) is 0 Å². The van der Waals surface area contributed by atoms with E-state index in [1.807, 2.05) is 30.3 Å². The number of rotatable bonds is 6. The topological polar surface area (TPSA) is 42.0 Å². The summed E-state index contributed by atoms with van der Waals surface area (Å²) in [5, 5.41) is 2.79. The lowest BCUT2D eigenvalue weighted by molar-refractivity contribution is 0.102. The Bertz CT molecular complexity index is 579. The third-order valence-corrected chi connectivity index (χ3v) is 3.72. The standard InChI is InChI=1S/C17H19BrN2O/c1-2-3-4-5-13-6-8-14(9-7-13)17(21)20-16-11-10-15(18)12-19-16/h6-12H,2-5H2,1H3,(H,19,20,21). The van der Waals surface area contributed by atoms with Gasteiger partial charge >= 0.3 is 0 Å². The van der Waals surface area contributed by atoms with Crippen LogP contribution >= 0.6 is 15.9 Å². The van der Waals surface area contributed by atoms with Gasteiger partial charge in [-0.2, -0.15) is 0 Å². The van der Waals surface area contributed by atoms with Crippen LogP contribution in [0.3, 0.4) is 0 Å². The van der Waals surface area contributed by atoms with Crippen molar-refractivity contribution in [1.82, 2.24) is 4.98 Å². The van der Waals surface area contributed by atoms with Gasteiger partial charge in [-0.25, -0.2) is 4.98 Å². The second-order valence-corrected chi connectivity index (χ2v) is 5.89. The molecular formula is C17H19BrN2O. The van der Waals surface area contributed by atoms with Gasteiger partial charge in [0.25, 0.3) is 5.91 Å². The zero-order valence-electron chi connectivity index (χ0n) is 12.1. The van der Waals surface area contributed by atoms with E-state index in [2.05, 4.69) is 33.2 Å². The van der Waals surface area contributed by atoms with Gasteiger partial charge in [0.15, 0.2) is 0 Å². The zero-order chi connectivity index (χ0) is 15.1. The first-order valence-corrected chi connectivity index (χ1v) is 8.00. The Kier molecular flexibility index (Phi) is 5.93. The van der Waals surface area contributed by atoms with Gasteiger partial charge in [-0.1, -0.05) is 31.9 Å². The van der Waals surface area contributed by atoms with Crippen LogP contribution in [-0.2, 0) is 6.42 Å². The van der Waals surface area contributed by atoms with Gasteiger partial charge in [-0.3, -0.25) is 4.79 Å². The molecule has 0 saturated heterocycles. The number of pyridine rings is 1. The summed E-state index contributed by atoms with van der Waals surface area (Å²) in [4.78, 5) is 16.2. The lowest BCUT2D eigenvalue weighted by Gasteiger charge is -2.06. The molecule has 1 aromatic carbocycles. The Labute approximate surface area is 133 Å². The highest BCUT2D eigenvalue weighted by molar-refractivity contribution is 9.10. The highest BCUT2D eigenvalue weighted by atomic mass is 79.9. The van der Waals surface area contributed by atoms with Crippen LogP contribution in [0.15, 0.2) is 47.1 Å². The number of unbranched alkanes of at least 4 members (excludes halogenated alkanes) is 2. The van der Waals surface area contributed by atoms with Gasteiger partial charge in [0.05, 0.1) is 0 Å². The molecule has 0 radical (unpaired) electrons. The normalized spacial score (nSPS) is 10.4. The summed E-state index contributed by atoms with van der Waals surface area (Å²) in [5.74, 6) is 0.417. The van der Waals surface area contributed by atoms with Crippen LogP contribution in [0.25, 0.3) is 0 Å². The van der Waals surface area contributed by atoms with Crippen molar-refractivity contribution < 1.29 is 4.79 Å². The van der Waals surface area contributed by atoms with Gasteiger partial charge in [0.2, 0.25) is 0 Å². The van der Waals surface area contributed by atoms with E-state index in [4.69, 9.17) is 0 Å². The van der Waals surface area contributed by atoms with E-state index in [1.54, 1.807) is 12.3 Å². The van der Waals surface area contributed by atoms with Crippen LogP contribution < -0.4 is 5.32 Å². The molecule has 0 unspecified atom stereocenters. The molecule has 0 atom stereocenters. The van der Waals surface area contributed by atoms with Crippen LogP contribution in [0, 0.1) is 0 Å². The molecule has 110 valence electrons. The van der Waals surface area contributed by atoms with Crippen molar-refractivity contribution in [1.29, 1.82) is 0 Å². The maximum absolute atomic E-state index is 12.1. The van der Waals surface area contributed by atoms with Gasteiger partial charge in [0, 0.05) is 16.2 Å². The van der Waals surface area contributed by atoms with E-state index in [0.717, 1.165) is 10.9 Å². The summed E-state index contributed by atoms with van der Waals surface area (Å²) in [6, 6.07) is 11.4. The molecule has 0 aliphatic rings. The van der Waals surface area contributed by atoms with E-state index in [-0.39, 0.29) is 5.91 Å². The molecule has 2 aromatic rings. The molecule has 0 aliphatic heterocycles. The molecule has 0 fully saturated rings. The van der Waals surface area contributed by atoms with Crippen LogP contribution in [0.1, 0.15) is 42.1 Å². The fourth-order valence-corrected chi connectivity index (χ4v) is 2.27. The van der Waals surface area contributed by atoms with E-state index in [9.17, 15) is 4.79 Å². The first-order valence-electron chi connectivity index (χ1n) is 7.21. The third kappa shape index (κ3) is 4.97. The molecule has 1 aromatic heterocycles. The fourth-order valence-electron chi connectivity index (χ4n) is 2.04. The summed E-state index contributed by atoms with van der Waals surface area (Å²) in [6.45, 7) is 2.20. The molecule has 0 aliphatic carbocycles. The lowest BCUT2D eigenvalue weighted by atomic mass is 10.1. The first-order chi connectivity index (χ1) is 10.2. The van der Waals surface area contributed by atoms with Crippen LogP contribution in [-0.4, -0.2) is 10.9 Å². The van der Waals surface area contributed by atoms with Gasteiger partial charge in [-0.15, -0.1) is 0 Å². The average Bonchev–Trinajstić information content (AvgIpc) is 2.50. The summed E-state index contributed by atoms with van der Waals surface area (Å²) >= 11 is 3.32. The van der Waals surface area contributed by atoms with Gasteiger partial charge in [-0.05, 0) is 58.6 Å². The molecule has 1 heterocycles. The molecule has 4 heteroatoms. The third-order valence-electron chi connectivity index (χ3n) is 3.25. The monoisotopic (exact) mass is 346 g/mol. The number of hydrogen-bond donors (Lipinski definition) is 1. The summed E-state index contributed by atoms with van der Waals surface area (Å²) in [7, 11) is 0. The molecule has 0 bridgehead atoms. The van der Waals surface area contributed by atoms with E-state index < -0.39 is 0 Å². The fraction of sp³-hybridized carbons (Fsp3) is 0.294. The molecule has 1 amide bonds. The maximum Gasteiger partial charge on any atom is 0.256 e. The Balaban J connectivity index is 1.94.